The molecule has 0 aliphatic carbocycles. The van der Waals surface area contributed by atoms with Crippen molar-refractivity contribution in [1.82, 2.24) is 4.57 Å². The molecule has 2 aromatic rings. The van der Waals surface area contributed by atoms with Crippen molar-refractivity contribution < 1.29 is 14.6 Å². The summed E-state index contributed by atoms with van der Waals surface area (Å²) in [5, 5.41) is 9.11. The number of aryl methyl sites for hydroxylation is 1. The molecule has 5 nitrogen and oxygen atoms in total. The highest BCUT2D eigenvalue weighted by Crippen LogP contribution is 2.29. The molecule has 0 unspecified atom stereocenters. The number of pyridine rings is 1. The fraction of sp³-hybridized carbons (Fsp3) is 0.286. The topological polar surface area (TPSA) is 68.5 Å². The van der Waals surface area contributed by atoms with Crippen LogP contribution in [0.5, 0.6) is 5.75 Å². The summed E-state index contributed by atoms with van der Waals surface area (Å²) in [5.74, 6) is -0.607. The second-order valence-corrected chi connectivity index (χ2v) is 5.28. The molecule has 0 spiro atoms. The van der Waals surface area contributed by atoms with E-state index in [-0.39, 0.29) is 17.0 Å². The lowest BCUT2D eigenvalue weighted by molar-refractivity contribution is 0.0698. The number of thiophene rings is 1. The Bertz CT molecular complexity index is 659. The number of aromatic carboxylic acids is 1. The van der Waals surface area contributed by atoms with Crippen molar-refractivity contribution in [3.8, 4) is 5.75 Å². The molecule has 0 saturated carbocycles. The molecule has 2 heterocycles. The molecule has 1 N–H and O–H groups in total. The quantitative estimate of drug-likeness (QED) is 0.887. The average molecular weight is 293 g/mol. The lowest BCUT2D eigenvalue weighted by atomic mass is 10.3. The zero-order chi connectivity index (χ0) is 14.5. The van der Waals surface area contributed by atoms with Gasteiger partial charge < -0.3 is 14.4 Å². The van der Waals surface area contributed by atoms with Crippen molar-refractivity contribution in [1.29, 1.82) is 0 Å². The lowest BCUT2D eigenvalue weighted by Crippen LogP contribution is -2.21. The summed E-state index contributed by atoms with van der Waals surface area (Å²) < 4.78 is 7.03. The van der Waals surface area contributed by atoms with Crippen molar-refractivity contribution in [2.45, 2.75) is 19.9 Å². The second-order valence-electron chi connectivity index (χ2n) is 4.15. The van der Waals surface area contributed by atoms with Crippen LogP contribution in [-0.4, -0.2) is 22.2 Å². The van der Waals surface area contributed by atoms with E-state index in [1.807, 2.05) is 6.92 Å². The standard InChI is InChI=1S/C14H15NO4S/c1-2-10-9-11(13(20-10)14(17)18)19-8-7-15-6-4-3-5-12(15)16/h3-6,9H,2,7-8H2,1H3,(H,17,18). The Morgan fingerprint density at radius 3 is 2.90 bits per heavy atom. The number of ether oxygens (including phenoxy) is 1. The number of carboxylic acid groups (broad SMARTS) is 1. The van der Waals surface area contributed by atoms with E-state index in [9.17, 15) is 9.59 Å². The van der Waals surface area contributed by atoms with Gasteiger partial charge in [0.25, 0.3) is 5.56 Å². The maximum atomic E-state index is 11.5. The highest BCUT2D eigenvalue weighted by Gasteiger charge is 2.16. The summed E-state index contributed by atoms with van der Waals surface area (Å²) in [6.45, 7) is 2.60. The van der Waals surface area contributed by atoms with Crippen LogP contribution in [-0.2, 0) is 13.0 Å². The van der Waals surface area contributed by atoms with Gasteiger partial charge in [0.1, 0.15) is 12.4 Å². The van der Waals surface area contributed by atoms with E-state index >= 15 is 0 Å². The van der Waals surface area contributed by atoms with Gasteiger partial charge in [-0.05, 0) is 18.6 Å². The summed E-state index contributed by atoms with van der Waals surface area (Å²) in [6, 6.07) is 6.67. The first-order valence-corrected chi connectivity index (χ1v) is 7.07. The molecule has 2 aromatic heterocycles. The Morgan fingerprint density at radius 1 is 1.45 bits per heavy atom. The van der Waals surface area contributed by atoms with Crippen LogP contribution in [0.15, 0.2) is 35.3 Å². The minimum Gasteiger partial charge on any atom is -0.490 e. The maximum Gasteiger partial charge on any atom is 0.349 e. The van der Waals surface area contributed by atoms with Gasteiger partial charge in [-0.2, -0.15) is 0 Å². The molecule has 106 valence electrons. The smallest absolute Gasteiger partial charge is 0.349 e. The van der Waals surface area contributed by atoms with E-state index in [0.717, 1.165) is 11.3 Å². The molecular formula is C14H15NO4S. The normalized spacial score (nSPS) is 10.4. The average Bonchev–Trinajstić information content (AvgIpc) is 2.84. The fourth-order valence-electron chi connectivity index (χ4n) is 1.75. The third kappa shape index (κ3) is 3.27. The minimum absolute atomic E-state index is 0.103. The molecule has 0 aliphatic rings. The molecule has 0 aromatic carbocycles. The van der Waals surface area contributed by atoms with E-state index in [0.29, 0.717) is 12.3 Å². The number of rotatable bonds is 6. The van der Waals surface area contributed by atoms with Crippen LogP contribution in [0.3, 0.4) is 0 Å². The zero-order valence-corrected chi connectivity index (χ0v) is 11.9. The van der Waals surface area contributed by atoms with Gasteiger partial charge in [-0.25, -0.2) is 4.79 Å². The van der Waals surface area contributed by atoms with Crippen LogP contribution < -0.4 is 10.3 Å². The second kappa shape index (κ2) is 6.38. The number of carboxylic acids is 1. The van der Waals surface area contributed by atoms with E-state index in [1.54, 1.807) is 24.4 Å². The van der Waals surface area contributed by atoms with Gasteiger partial charge in [-0.1, -0.05) is 13.0 Å². The van der Waals surface area contributed by atoms with Crippen LogP contribution in [0, 0.1) is 0 Å². The fourth-order valence-corrected chi connectivity index (χ4v) is 2.63. The molecule has 0 radical (unpaired) electrons. The van der Waals surface area contributed by atoms with Gasteiger partial charge in [0.15, 0.2) is 4.88 Å². The molecule has 0 saturated heterocycles. The molecule has 20 heavy (non-hydrogen) atoms. The highest BCUT2D eigenvalue weighted by molar-refractivity contribution is 7.14. The van der Waals surface area contributed by atoms with Crippen LogP contribution in [0.25, 0.3) is 0 Å². The SMILES string of the molecule is CCc1cc(OCCn2ccccc2=O)c(C(=O)O)s1. The summed E-state index contributed by atoms with van der Waals surface area (Å²) >= 11 is 1.22. The molecule has 0 fully saturated rings. The molecule has 0 aliphatic heterocycles. The summed E-state index contributed by atoms with van der Waals surface area (Å²) in [5.41, 5.74) is -0.103. The van der Waals surface area contributed by atoms with Gasteiger partial charge in [-0.15, -0.1) is 11.3 Å². The van der Waals surface area contributed by atoms with Crippen LogP contribution >= 0.6 is 11.3 Å². The predicted octanol–water partition coefficient (Wildman–Crippen LogP) is 2.25. The van der Waals surface area contributed by atoms with Gasteiger partial charge in [-0.3, -0.25) is 4.79 Å². The van der Waals surface area contributed by atoms with E-state index < -0.39 is 5.97 Å². The maximum absolute atomic E-state index is 11.5. The number of hydrogen-bond donors (Lipinski definition) is 1. The number of aromatic nitrogens is 1. The van der Waals surface area contributed by atoms with Crippen LogP contribution in [0.2, 0.25) is 0 Å². The molecule has 0 atom stereocenters. The Morgan fingerprint density at radius 2 is 2.25 bits per heavy atom. The van der Waals surface area contributed by atoms with Crippen molar-refractivity contribution in [2.24, 2.45) is 0 Å². The zero-order valence-electron chi connectivity index (χ0n) is 11.0. The van der Waals surface area contributed by atoms with E-state index in [2.05, 4.69) is 0 Å². The van der Waals surface area contributed by atoms with Gasteiger partial charge in [0, 0.05) is 17.1 Å². The van der Waals surface area contributed by atoms with Crippen molar-refractivity contribution in [3.63, 3.8) is 0 Å². The molecular weight excluding hydrogens is 278 g/mol. The number of carbonyl (C=O) groups is 1. The van der Waals surface area contributed by atoms with Crippen molar-refractivity contribution >= 4 is 17.3 Å². The first kappa shape index (κ1) is 14.3. The highest BCUT2D eigenvalue weighted by atomic mass is 32.1. The number of hydrogen-bond acceptors (Lipinski definition) is 4. The first-order valence-electron chi connectivity index (χ1n) is 6.26. The Balaban J connectivity index is 2.04. The summed E-state index contributed by atoms with van der Waals surface area (Å²) in [6.07, 6.45) is 2.45. The number of nitrogens with zero attached hydrogens (tertiary/aromatic N) is 1. The van der Waals surface area contributed by atoms with E-state index in [4.69, 9.17) is 9.84 Å². The molecule has 0 amide bonds. The van der Waals surface area contributed by atoms with E-state index in [1.165, 1.54) is 22.0 Å². The third-order valence-electron chi connectivity index (χ3n) is 2.78. The molecule has 2 rings (SSSR count). The van der Waals surface area contributed by atoms with Crippen molar-refractivity contribution in [2.75, 3.05) is 6.61 Å². The Hall–Kier alpha value is -2.08. The Labute approximate surface area is 120 Å². The summed E-state index contributed by atoms with van der Waals surface area (Å²) in [4.78, 5) is 23.8. The van der Waals surface area contributed by atoms with Crippen molar-refractivity contribution in [3.05, 3.63) is 50.6 Å². The van der Waals surface area contributed by atoms with Crippen LogP contribution in [0.1, 0.15) is 21.5 Å². The van der Waals surface area contributed by atoms with Crippen LogP contribution in [0.4, 0.5) is 0 Å². The first-order chi connectivity index (χ1) is 9.61. The predicted molar refractivity (Wildman–Crippen MR) is 76.9 cm³/mol. The molecule has 6 heteroatoms. The van der Waals surface area contributed by atoms with Gasteiger partial charge in [0.05, 0.1) is 6.54 Å². The monoisotopic (exact) mass is 293 g/mol. The largest absolute Gasteiger partial charge is 0.490 e. The Kier molecular flexibility index (Phi) is 4.57. The summed E-state index contributed by atoms with van der Waals surface area (Å²) in [7, 11) is 0. The molecule has 0 bridgehead atoms. The van der Waals surface area contributed by atoms with Gasteiger partial charge in [0.2, 0.25) is 0 Å². The minimum atomic E-state index is -0.985. The van der Waals surface area contributed by atoms with Gasteiger partial charge >= 0.3 is 5.97 Å². The third-order valence-corrected chi connectivity index (χ3v) is 4.03. The lowest BCUT2D eigenvalue weighted by Gasteiger charge is -2.07.